The minimum absolute atomic E-state index is 0.625. The van der Waals surface area contributed by atoms with Gasteiger partial charge in [-0.25, -0.2) is 4.98 Å². The van der Waals surface area contributed by atoms with E-state index < -0.39 is 0 Å². The minimum atomic E-state index is 0.625. The molecule has 1 saturated heterocycles. The maximum Gasteiger partial charge on any atom is 0.128 e. The molecular weight excluding hydrogens is 248 g/mol. The first kappa shape index (κ1) is 15.3. The second-order valence-electron chi connectivity index (χ2n) is 5.54. The van der Waals surface area contributed by atoms with Gasteiger partial charge >= 0.3 is 0 Å². The van der Waals surface area contributed by atoms with Crippen molar-refractivity contribution >= 4 is 5.82 Å². The van der Waals surface area contributed by atoms with Crippen molar-refractivity contribution in [1.29, 1.82) is 0 Å². The van der Waals surface area contributed by atoms with E-state index in [9.17, 15) is 0 Å². The Bertz CT molecular complexity index is 399. The first-order chi connectivity index (χ1) is 9.74. The molecule has 0 bridgehead atoms. The van der Waals surface area contributed by atoms with Gasteiger partial charge in [-0.1, -0.05) is 19.9 Å². The molecule has 1 aromatic rings. The maximum absolute atomic E-state index is 4.77. The van der Waals surface area contributed by atoms with E-state index in [2.05, 4.69) is 54.2 Å². The molecule has 2 heterocycles. The molecule has 0 amide bonds. The van der Waals surface area contributed by atoms with Gasteiger partial charge in [0.25, 0.3) is 0 Å². The van der Waals surface area contributed by atoms with Crippen molar-refractivity contribution < 1.29 is 0 Å². The predicted molar refractivity (Wildman–Crippen MR) is 85.2 cm³/mol. The van der Waals surface area contributed by atoms with Crippen LogP contribution in [0.3, 0.4) is 0 Å². The van der Waals surface area contributed by atoms with Crippen LogP contribution in [-0.4, -0.2) is 49.2 Å². The van der Waals surface area contributed by atoms with Gasteiger partial charge in [0.05, 0.1) is 5.69 Å². The summed E-state index contributed by atoms with van der Waals surface area (Å²) in [6.07, 6.45) is 2.48. The van der Waals surface area contributed by atoms with Crippen LogP contribution in [-0.2, 0) is 6.54 Å². The summed E-state index contributed by atoms with van der Waals surface area (Å²) in [5.41, 5.74) is 1.13. The van der Waals surface area contributed by atoms with Crippen LogP contribution >= 0.6 is 0 Å². The van der Waals surface area contributed by atoms with E-state index in [1.54, 1.807) is 0 Å². The van der Waals surface area contributed by atoms with E-state index in [-0.39, 0.29) is 0 Å². The third-order valence-corrected chi connectivity index (χ3v) is 4.26. The molecular formula is C16H28N4. The summed E-state index contributed by atoms with van der Waals surface area (Å²) in [5.74, 6) is 1.11. The molecule has 0 aliphatic carbocycles. The van der Waals surface area contributed by atoms with E-state index in [0.29, 0.717) is 6.04 Å². The van der Waals surface area contributed by atoms with Crippen LogP contribution in [0.15, 0.2) is 18.2 Å². The largest absolute Gasteiger partial charge is 0.357 e. The molecule has 0 spiro atoms. The molecule has 1 N–H and O–H groups in total. The van der Waals surface area contributed by atoms with E-state index in [0.717, 1.165) is 24.6 Å². The fourth-order valence-electron chi connectivity index (χ4n) is 2.82. The fraction of sp³-hybridized carbons (Fsp3) is 0.688. The van der Waals surface area contributed by atoms with E-state index >= 15 is 0 Å². The Hall–Kier alpha value is -1.13. The van der Waals surface area contributed by atoms with Gasteiger partial charge in [0.2, 0.25) is 0 Å². The second-order valence-corrected chi connectivity index (χ2v) is 5.54. The third-order valence-electron chi connectivity index (χ3n) is 4.26. The van der Waals surface area contributed by atoms with Crippen molar-refractivity contribution in [2.45, 2.75) is 39.3 Å². The first-order valence-electron chi connectivity index (χ1n) is 7.86. The highest BCUT2D eigenvalue weighted by atomic mass is 15.2. The summed E-state index contributed by atoms with van der Waals surface area (Å²) in [5, 5.41) is 3.34. The minimum Gasteiger partial charge on any atom is -0.357 e. The highest BCUT2D eigenvalue weighted by molar-refractivity contribution is 5.39. The molecule has 4 nitrogen and oxygen atoms in total. The van der Waals surface area contributed by atoms with E-state index in [4.69, 9.17) is 4.98 Å². The molecule has 1 aliphatic heterocycles. The fourth-order valence-corrected chi connectivity index (χ4v) is 2.82. The quantitative estimate of drug-likeness (QED) is 0.862. The van der Waals surface area contributed by atoms with Gasteiger partial charge in [-0.2, -0.15) is 0 Å². The zero-order chi connectivity index (χ0) is 14.4. The van der Waals surface area contributed by atoms with E-state index in [1.807, 2.05) is 0 Å². The number of piperidine rings is 1. The number of nitrogens with zero attached hydrogens (tertiary/aromatic N) is 3. The van der Waals surface area contributed by atoms with Crippen LogP contribution < -0.4 is 10.2 Å². The second kappa shape index (κ2) is 7.60. The van der Waals surface area contributed by atoms with Gasteiger partial charge in [-0.15, -0.1) is 0 Å². The van der Waals surface area contributed by atoms with Crippen LogP contribution in [0.25, 0.3) is 0 Å². The van der Waals surface area contributed by atoms with Crippen LogP contribution in [0, 0.1) is 0 Å². The van der Waals surface area contributed by atoms with Gasteiger partial charge in [-0.05, 0) is 38.1 Å². The Morgan fingerprint density at radius 2 is 2.05 bits per heavy atom. The van der Waals surface area contributed by atoms with Gasteiger partial charge in [0.1, 0.15) is 5.82 Å². The van der Waals surface area contributed by atoms with E-state index in [1.165, 1.54) is 32.5 Å². The van der Waals surface area contributed by atoms with Crippen LogP contribution in [0.5, 0.6) is 0 Å². The molecule has 0 radical (unpaired) electrons. The molecule has 0 aromatic carbocycles. The van der Waals surface area contributed by atoms with Crippen molar-refractivity contribution in [3.63, 3.8) is 0 Å². The number of hydrogen-bond acceptors (Lipinski definition) is 4. The standard InChI is InChI=1S/C16H28N4/c1-4-17-13-14-7-6-8-16(18-14)19(3)15-9-11-20(5-2)12-10-15/h6-8,15,17H,4-5,9-13H2,1-3H3. The molecule has 1 aromatic heterocycles. The number of pyridine rings is 1. The normalized spacial score (nSPS) is 17.4. The monoisotopic (exact) mass is 276 g/mol. The topological polar surface area (TPSA) is 31.4 Å². The van der Waals surface area contributed by atoms with Crippen molar-refractivity contribution in [2.75, 3.05) is 38.1 Å². The van der Waals surface area contributed by atoms with Crippen molar-refractivity contribution in [3.05, 3.63) is 23.9 Å². The molecule has 112 valence electrons. The molecule has 1 aliphatic rings. The lowest BCUT2D eigenvalue weighted by molar-refractivity contribution is 0.220. The predicted octanol–water partition coefficient (Wildman–Crippen LogP) is 2.11. The number of likely N-dealkylation sites (tertiary alicyclic amines) is 1. The van der Waals surface area contributed by atoms with Crippen LogP contribution in [0.4, 0.5) is 5.82 Å². The van der Waals surface area contributed by atoms with Gasteiger partial charge in [0.15, 0.2) is 0 Å². The molecule has 2 rings (SSSR count). The number of anilines is 1. The zero-order valence-electron chi connectivity index (χ0n) is 13.1. The summed E-state index contributed by atoms with van der Waals surface area (Å²) >= 11 is 0. The summed E-state index contributed by atoms with van der Waals surface area (Å²) < 4.78 is 0. The first-order valence-corrected chi connectivity index (χ1v) is 7.86. The molecule has 4 heteroatoms. The van der Waals surface area contributed by atoms with Gasteiger partial charge in [-0.3, -0.25) is 0 Å². The smallest absolute Gasteiger partial charge is 0.128 e. The lowest BCUT2D eigenvalue weighted by atomic mass is 10.0. The number of hydrogen-bond donors (Lipinski definition) is 1. The lowest BCUT2D eigenvalue weighted by Gasteiger charge is -2.37. The Morgan fingerprint density at radius 1 is 1.30 bits per heavy atom. The Morgan fingerprint density at radius 3 is 2.70 bits per heavy atom. The highest BCUT2D eigenvalue weighted by Crippen LogP contribution is 2.20. The van der Waals surface area contributed by atoms with Crippen molar-refractivity contribution in [3.8, 4) is 0 Å². The maximum atomic E-state index is 4.77. The summed E-state index contributed by atoms with van der Waals surface area (Å²) in [6, 6.07) is 6.97. The molecule has 20 heavy (non-hydrogen) atoms. The van der Waals surface area contributed by atoms with Crippen molar-refractivity contribution in [1.82, 2.24) is 15.2 Å². The Labute approximate surface area is 123 Å². The zero-order valence-corrected chi connectivity index (χ0v) is 13.1. The number of nitrogens with one attached hydrogen (secondary N) is 1. The Balaban J connectivity index is 1.96. The summed E-state index contributed by atoms with van der Waals surface area (Å²) in [7, 11) is 2.19. The van der Waals surface area contributed by atoms with Crippen LogP contribution in [0.1, 0.15) is 32.4 Å². The molecule has 0 unspecified atom stereocenters. The highest BCUT2D eigenvalue weighted by Gasteiger charge is 2.22. The SMILES string of the molecule is CCNCc1cccc(N(C)C2CCN(CC)CC2)n1. The van der Waals surface area contributed by atoms with Gasteiger partial charge < -0.3 is 15.1 Å². The van der Waals surface area contributed by atoms with Gasteiger partial charge in [0, 0.05) is 32.7 Å². The number of rotatable bonds is 6. The third kappa shape index (κ3) is 3.93. The average molecular weight is 276 g/mol. The molecule has 0 atom stereocenters. The number of aromatic nitrogens is 1. The molecule has 1 fully saturated rings. The summed E-state index contributed by atoms with van der Waals surface area (Å²) in [4.78, 5) is 9.67. The molecule has 0 saturated carbocycles. The van der Waals surface area contributed by atoms with Crippen molar-refractivity contribution in [2.24, 2.45) is 0 Å². The Kier molecular flexibility index (Phi) is 5.80. The van der Waals surface area contributed by atoms with Crippen LogP contribution in [0.2, 0.25) is 0 Å². The average Bonchev–Trinajstić information content (AvgIpc) is 2.52. The summed E-state index contributed by atoms with van der Waals surface area (Å²) in [6.45, 7) is 9.80. The lowest BCUT2D eigenvalue weighted by Crippen LogP contribution is -2.43.